The van der Waals surface area contributed by atoms with Crippen LogP contribution in [0.3, 0.4) is 0 Å². The highest BCUT2D eigenvalue weighted by Crippen LogP contribution is 2.27. The highest BCUT2D eigenvalue weighted by Gasteiger charge is 2.26. The highest BCUT2D eigenvalue weighted by molar-refractivity contribution is 5.96. The van der Waals surface area contributed by atoms with Crippen LogP contribution < -0.4 is 10.6 Å². The summed E-state index contributed by atoms with van der Waals surface area (Å²) in [6.45, 7) is 0.631. The normalized spacial score (nSPS) is 15.6. The number of hydrogen-bond acceptors (Lipinski definition) is 4. The van der Waals surface area contributed by atoms with Gasteiger partial charge in [-0.1, -0.05) is 30.3 Å². The summed E-state index contributed by atoms with van der Waals surface area (Å²) in [4.78, 5) is 28.4. The maximum atomic E-state index is 12.3. The molecular formula is C21H21N5O2. The van der Waals surface area contributed by atoms with Crippen LogP contribution in [0.4, 0.5) is 11.4 Å². The Morgan fingerprint density at radius 2 is 2.00 bits per heavy atom. The Kier molecular flexibility index (Phi) is 5.14. The summed E-state index contributed by atoms with van der Waals surface area (Å²) in [7, 11) is 0. The first-order valence-electron chi connectivity index (χ1n) is 9.27. The van der Waals surface area contributed by atoms with Gasteiger partial charge in [-0.15, -0.1) is 0 Å². The van der Waals surface area contributed by atoms with Crippen LogP contribution in [0.5, 0.6) is 0 Å². The van der Waals surface area contributed by atoms with Crippen molar-refractivity contribution in [1.29, 1.82) is 0 Å². The number of anilines is 2. The molecule has 7 nitrogen and oxygen atoms in total. The predicted octanol–water partition coefficient (Wildman–Crippen LogP) is 2.86. The number of carbonyl (C=O) groups is 2. The molecule has 1 aliphatic rings. The van der Waals surface area contributed by atoms with Crippen molar-refractivity contribution in [2.24, 2.45) is 5.92 Å². The van der Waals surface area contributed by atoms with Gasteiger partial charge in [0.2, 0.25) is 11.8 Å². The number of benzene rings is 2. The van der Waals surface area contributed by atoms with Gasteiger partial charge in [0, 0.05) is 23.7 Å². The number of hydrogen-bond donors (Lipinski definition) is 2. The second kappa shape index (κ2) is 8.04. The highest BCUT2D eigenvalue weighted by atomic mass is 16.2. The molecule has 0 fully saturated rings. The molecule has 1 aromatic heterocycles. The van der Waals surface area contributed by atoms with Gasteiger partial charge in [0.25, 0.3) is 0 Å². The topological polar surface area (TPSA) is 88.9 Å². The summed E-state index contributed by atoms with van der Waals surface area (Å²) in [6, 6.07) is 15.4. The summed E-state index contributed by atoms with van der Waals surface area (Å²) in [5.41, 5.74) is 3.81. The SMILES string of the molecule is O=C(CC[C@@H]1Cc2ccccc2NC1=O)Nc1ccc(Cn2cncn2)cc1. The maximum Gasteiger partial charge on any atom is 0.227 e. The first-order valence-corrected chi connectivity index (χ1v) is 9.27. The number of rotatable bonds is 6. The fourth-order valence-electron chi connectivity index (χ4n) is 3.37. The zero-order chi connectivity index (χ0) is 19.3. The van der Waals surface area contributed by atoms with Gasteiger partial charge in [-0.25, -0.2) is 9.67 Å². The van der Waals surface area contributed by atoms with Crippen molar-refractivity contribution < 1.29 is 9.59 Å². The van der Waals surface area contributed by atoms with E-state index >= 15 is 0 Å². The van der Waals surface area contributed by atoms with Crippen LogP contribution in [-0.2, 0) is 22.6 Å². The molecule has 2 aromatic carbocycles. The third-order valence-electron chi connectivity index (χ3n) is 4.88. The fourth-order valence-corrected chi connectivity index (χ4v) is 3.37. The minimum absolute atomic E-state index is 0.0102. The number of carbonyl (C=O) groups excluding carboxylic acids is 2. The molecule has 0 radical (unpaired) electrons. The molecule has 4 rings (SSSR count). The third-order valence-corrected chi connectivity index (χ3v) is 4.88. The standard InChI is InChI=1S/C21H21N5O2/c27-20(10-7-17-11-16-3-1-2-4-19(16)25-21(17)28)24-18-8-5-15(6-9-18)12-26-14-22-13-23-26/h1-6,8-9,13-14,17H,7,10-12H2,(H,24,27)(H,25,28)/t17-/m1/s1. The number of aromatic nitrogens is 3. The first kappa shape index (κ1) is 17.9. The summed E-state index contributed by atoms with van der Waals surface area (Å²) in [5, 5.41) is 9.90. The Labute approximate surface area is 162 Å². The molecule has 7 heteroatoms. The van der Waals surface area contributed by atoms with Gasteiger partial charge < -0.3 is 10.6 Å². The molecule has 3 aromatic rings. The largest absolute Gasteiger partial charge is 0.326 e. The van der Waals surface area contributed by atoms with Crippen LogP contribution in [0.1, 0.15) is 24.0 Å². The zero-order valence-electron chi connectivity index (χ0n) is 15.3. The second-order valence-electron chi connectivity index (χ2n) is 6.92. The fraction of sp³-hybridized carbons (Fsp3) is 0.238. The lowest BCUT2D eigenvalue weighted by Gasteiger charge is -2.24. The molecule has 142 valence electrons. The van der Waals surface area contributed by atoms with Gasteiger partial charge in [-0.05, 0) is 42.2 Å². The van der Waals surface area contributed by atoms with E-state index < -0.39 is 0 Å². The lowest BCUT2D eigenvalue weighted by molar-refractivity contribution is -0.121. The summed E-state index contributed by atoms with van der Waals surface area (Å²) >= 11 is 0. The summed E-state index contributed by atoms with van der Waals surface area (Å²) < 4.78 is 1.74. The van der Waals surface area contributed by atoms with Gasteiger partial charge in [-0.2, -0.15) is 5.10 Å². The van der Waals surface area contributed by atoms with E-state index in [4.69, 9.17) is 0 Å². The lowest BCUT2D eigenvalue weighted by Crippen LogP contribution is -2.30. The van der Waals surface area contributed by atoms with E-state index in [2.05, 4.69) is 20.7 Å². The molecule has 0 unspecified atom stereocenters. The van der Waals surface area contributed by atoms with E-state index in [-0.39, 0.29) is 17.7 Å². The van der Waals surface area contributed by atoms with Crippen molar-refractivity contribution in [3.8, 4) is 0 Å². The minimum atomic E-state index is -0.175. The smallest absolute Gasteiger partial charge is 0.227 e. The van der Waals surface area contributed by atoms with Gasteiger partial charge >= 0.3 is 0 Å². The Morgan fingerprint density at radius 1 is 1.18 bits per heavy atom. The maximum absolute atomic E-state index is 12.3. The van der Waals surface area contributed by atoms with Crippen molar-refractivity contribution in [2.45, 2.75) is 25.8 Å². The second-order valence-corrected chi connectivity index (χ2v) is 6.92. The van der Waals surface area contributed by atoms with Crippen LogP contribution in [-0.4, -0.2) is 26.6 Å². The number of nitrogens with one attached hydrogen (secondary N) is 2. The molecule has 1 atom stereocenters. The molecule has 0 bridgehead atoms. The summed E-state index contributed by atoms with van der Waals surface area (Å²) in [6.07, 6.45) is 4.67. The van der Waals surface area contributed by atoms with Crippen molar-refractivity contribution >= 4 is 23.2 Å². The lowest BCUT2D eigenvalue weighted by atomic mass is 9.89. The van der Waals surface area contributed by atoms with Crippen LogP contribution in [0.25, 0.3) is 0 Å². The Balaban J connectivity index is 1.28. The quantitative estimate of drug-likeness (QED) is 0.693. The van der Waals surface area contributed by atoms with Gasteiger partial charge in [0.05, 0.1) is 6.54 Å². The van der Waals surface area contributed by atoms with Crippen molar-refractivity contribution in [3.05, 3.63) is 72.3 Å². The van der Waals surface area contributed by atoms with Gasteiger partial charge in [0.1, 0.15) is 12.7 Å². The van der Waals surface area contributed by atoms with Crippen molar-refractivity contribution in [2.75, 3.05) is 10.6 Å². The van der Waals surface area contributed by atoms with Crippen molar-refractivity contribution in [3.63, 3.8) is 0 Å². The van der Waals surface area contributed by atoms with E-state index in [0.29, 0.717) is 25.8 Å². The minimum Gasteiger partial charge on any atom is -0.326 e. The van der Waals surface area contributed by atoms with E-state index in [1.165, 1.54) is 6.33 Å². The van der Waals surface area contributed by atoms with E-state index in [0.717, 1.165) is 22.5 Å². The number of nitrogens with zero attached hydrogens (tertiary/aromatic N) is 3. The van der Waals surface area contributed by atoms with Crippen LogP contribution in [0.2, 0.25) is 0 Å². The number of amides is 2. The zero-order valence-corrected chi connectivity index (χ0v) is 15.3. The molecule has 0 aliphatic carbocycles. The van der Waals surface area contributed by atoms with Gasteiger partial charge in [-0.3, -0.25) is 9.59 Å². The Hall–Kier alpha value is -3.48. The van der Waals surface area contributed by atoms with Crippen LogP contribution >= 0.6 is 0 Å². The Bertz CT molecular complexity index is 967. The summed E-state index contributed by atoms with van der Waals surface area (Å²) in [5.74, 6) is -0.273. The van der Waals surface area contributed by atoms with Crippen molar-refractivity contribution in [1.82, 2.24) is 14.8 Å². The average molecular weight is 375 g/mol. The predicted molar refractivity (Wildman–Crippen MR) is 106 cm³/mol. The average Bonchev–Trinajstić information content (AvgIpc) is 3.21. The van der Waals surface area contributed by atoms with Gasteiger partial charge in [0.15, 0.2) is 0 Å². The monoisotopic (exact) mass is 375 g/mol. The molecule has 0 saturated heterocycles. The number of para-hydroxylation sites is 1. The van der Waals surface area contributed by atoms with Crippen LogP contribution in [0, 0.1) is 5.92 Å². The molecule has 2 N–H and O–H groups in total. The molecule has 28 heavy (non-hydrogen) atoms. The molecule has 2 amide bonds. The Morgan fingerprint density at radius 3 is 2.79 bits per heavy atom. The molecule has 0 spiro atoms. The molecular weight excluding hydrogens is 354 g/mol. The van der Waals surface area contributed by atoms with E-state index in [9.17, 15) is 9.59 Å². The first-order chi connectivity index (χ1) is 13.7. The molecule has 1 aliphatic heterocycles. The van der Waals surface area contributed by atoms with Crippen LogP contribution in [0.15, 0.2) is 61.2 Å². The third kappa shape index (κ3) is 4.25. The molecule has 2 heterocycles. The van der Waals surface area contributed by atoms with E-state index in [1.807, 2.05) is 48.5 Å². The van der Waals surface area contributed by atoms with E-state index in [1.54, 1.807) is 11.0 Å². The molecule has 0 saturated carbocycles. The number of fused-ring (bicyclic) bond motifs is 1.